The zero-order valence-corrected chi connectivity index (χ0v) is 12.6. The van der Waals surface area contributed by atoms with Gasteiger partial charge in [-0.1, -0.05) is 12.1 Å². The first kappa shape index (κ1) is 16.5. The Morgan fingerprint density at radius 3 is 2.17 bits per heavy atom. The molecule has 3 rings (SSSR count). The minimum atomic E-state index is -4.34. The lowest BCUT2D eigenvalue weighted by Crippen LogP contribution is -2.25. The lowest BCUT2D eigenvalue weighted by Gasteiger charge is -2.25. The van der Waals surface area contributed by atoms with Crippen molar-refractivity contribution in [2.75, 3.05) is 10.1 Å². The lowest BCUT2D eigenvalue weighted by molar-refractivity contribution is -0.137. The summed E-state index contributed by atoms with van der Waals surface area (Å²) in [6.45, 7) is 0.464. The van der Waals surface area contributed by atoms with E-state index in [0.717, 1.165) is 36.2 Å². The fraction of sp³-hybridized carbons (Fsp3) is 0.312. The summed E-state index contributed by atoms with van der Waals surface area (Å²) in [4.78, 5) is 5.99. The van der Waals surface area contributed by atoms with E-state index >= 15 is 0 Å². The standard InChI is InChI=1S/C16H16F3N3O2/c17-16(18,19)12-3-1-11(2-4-12)10-21(13-5-6-13)14-7-8-15(20-9-14)22(23)24/h1-4,7-9,13,23-24H,5-6,10H2. The molecule has 0 atom stereocenters. The Labute approximate surface area is 136 Å². The van der Waals surface area contributed by atoms with Crippen molar-refractivity contribution in [2.24, 2.45) is 0 Å². The monoisotopic (exact) mass is 339 g/mol. The third kappa shape index (κ3) is 3.77. The van der Waals surface area contributed by atoms with Crippen LogP contribution >= 0.6 is 0 Å². The molecule has 128 valence electrons. The Morgan fingerprint density at radius 1 is 1.04 bits per heavy atom. The zero-order chi connectivity index (χ0) is 17.3. The van der Waals surface area contributed by atoms with E-state index in [-0.39, 0.29) is 11.0 Å². The van der Waals surface area contributed by atoms with Gasteiger partial charge in [-0.2, -0.15) is 13.2 Å². The van der Waals surface area contributed by atoms with Crippen LogP contribution in [0.2, 0.25) is 0 Å². The number of rotatable bonds is 5. The van der Waals surface area contributed by atoms with Crippen molar-refractivity contribution < 1.29 is 23.6 Å². The SMILES string of the molecule is ON(O)c1ccc(N(Cc2ccc(C(F)(F)F)cc2)C2CC2)cn1. The minimum Gasteiger partial charge on any atom is -0.363 e. The predicted molar refractivity (Wildman–Crippen MR) is 80.9 cm³/mol. The Morgan fingerprint density at radius 2 is 1.71 bits per heavy atom. The molecule has 8 heteroatoms. The number of hydrogen-bond acceptors (Lipinski definition) is 5. The second-order valence-corrected chi connectivity index (χ2v) is 5.72. The smallest absolute Gasteiger partial charge is 0.363 e. The van der Waals surface area contributed by atoms with Crippen LogP contribution in [0.5, 0.6) is 0 Å². The van der Waals surface area contributed by atoms with Crippen LogP contribution in [0.15, 0.2) is 42.6 Å². The van der Waals surface area contributed by atoms with E-state index in [9.17, 15) is 13.2 Å². The molecule has 1 saturated carbocycles. The fourth-order valence-electron chi connectivity index (χ4n) is 2.48. The summed E-state index contributed by atoms with van der Waals surface area (Å²) in [5.41, 5.74) is 0.883. The van der Waals surface area contributed by atoms with E-state index in [2.05, 4.69) is 9.88 Å². The van der Waals surface area contributed by atoms with Crippen LogP contribution in [-0.2, 0) is 12.7 Å². The molecule has 0 spiro atoms. The van der Waals surface area contributed by atoms with Crippen LogP contribution < -0.4 is 10.1 Å². The van der Waals surface area contributed by atoms with Crippen molar-refractivity contribution in [1.82, 2.24) is 4.98 Å². The van der Waals surface area contributed by atoms with Crippen molar-refractivity contribution in [3.05, 3.63) is 53.7 Å². The van der Waals surface area contributed by atoms with E-state index in [4.69, 9.17) is 10.4 Å². The molecule has 24 heavy (non-hydrogen) atoms. The van der Waals surface area contributed by atoms with Gasteiger partial charge in [-0.15, -0.1) is 5.23 Å². The molecule has 1 aliphatic carbocycles. The third-order valence-electron chi connectivity index (χ3n) is 3.89. The van der Waals surface area contributed by atoms with Crippen LogP contribution in [0.1, 0.15) is 24.0 Å². The van der Waals surface area contributed by atoms with E-state index in [0.29, 0.717) is 12.6 Å². The number of anilines is 2. The molecule has 0 bridgehead atoms. The quantitative estimate of drug-likeness (QED) is 0.810. The highest BCUT2D eigenvalue weighted by Gasteiger charge is 2.31. The van der Waals surface area contributed by atoms with Gasteiger partial charge >= 0.3 is 6.18 Å². The van der Waals surface area contributed by atoms with E-state index in [1.54, 1.807) is 6.07 Å². The molecule has 0 amide bonds. The Hall–Kier alpha value is -2.32. The molecular formula is C16H16F3N3O2. The van der Waals surface area contributed by atoms with Crippen LogP contribution in [0.25, 0.3) is 0 Å². The van der Waals surface area contributed by atoms with Gasteiger partial charge in [-0.3, -0.25) is 10.4 Å². The molecule has 5 nitrogen and oxygen atoms in total. The van der Waals surface area contributed by atoms with E-state index < -0.39 is 11.7 Å². The summed E-state index contributed by atoms with van der Waals surface area (Å²) >= 11 is 0. The van der Waals surface area contributed by atoms with E-state index in [1.165, 1.54) is 24.4 Å². The molecule has 0 saturated heterocycles. The average molecular weight is 339 g/mol. The summed E-state index contributed by atoms with van der Waals surface area (Å²) < 4.78 is 37.9. The van der Waals surface area contributed by atoms with Gasteiger partial charge in [-0.25, -0.2) is 4.98 Å². The van der Waals surface area contributed by atoms with Crippen molar-refractivity contribution >= 4 is 11.5 Å². The number of hydrogen-bond donors (Lipinski definition) is 2. The Bertz CT molecular complexity index is 683. The van der Waals surface area contributed by atoms with Crippen molar-refractivity contribution in [3.63, 3.8) is 0 Å². The second kappa shape index (κ2) is 6.29. The van der Waals surface area contributed by atoms with Crippen molar-refractivity contribution in [3.8, 4) is 0 Å². The lowest BCUT2D eigenvalue weighted by atomic mass is 10.1. The summed E-state index contributed by atoms with van der Waals surface area (Å²) in [6, 6.07) is 8.58. The van der Waals surface area contributed by atoms with Gasteiger partial charge in [0.05, 0.1) is 17.4 Å². The number of aromatic nitrogens is 1. The molecular weight excluding hydrogens is 323 g/mol. The number of pyridine rings is 1. The number of alkyl halides is 3. The van der Waals surface area contributed by atoms with Gasteiger partial charge in [0, 0.05) is 12.6 Å². The molecule has 2 aromatic rings. The van der Waals surface area contributed by atoms with Gasteiger partial charge in [-0.05, 0) is 42.7 Å². The van der Waals surface area contributed by atoms with Gasteiger partial charge in [0.1, 0.15) is 0 Å². The summed E-state index contributed by atoms with van der Waals surface area (Å²) in [6.07, 6.45) is -0.810. The highest BCUT2D eigenvalue weighted by Crippen LogP contribution is 2.34. The first-order valence-corrected chi connectivity index (χ1v) is 7.41. The fourth-order valence-corrected chi connectivity index (χ4v) is 2.48. The molecule has 1 aromatic carbocycles. The number of nitrogens with zero attached hydrogens (tertiary/aromatic N) is 3. The zero-order valence-electron chi connectivity index (χ0n) is 12.6. The number of benzene rings is 1. The second-order valence-electron chi connectivity index (χ2n) is 5.72. The van der Waals surface area contributed by atoms with Crippen molar-refractivity contribution in [2.45, 2.75) is 31.6 Å². The van der Waals surface area contributed by atoms with E-state index in [1.807, 2.05) is 0 Å². The molecule has 0 aliphatic heterocycles. The van der Waals surface area contributed by atoms with Crippen molar-refractivity contribution in [1.29, 1.82) is 0 Å². The normalized spacial score (nSPS) is 14.5. The maximum absolute atomic E-state index is 12.6. The third-order valence-corrected chi connectivity index (χ3v) is 3.89. The average Bonchev–Trinajstić information content (AvgIpc) is 3.37. The van der Waals surface area contributed by atoms with Gasteiger partial charge in [0.25, 0.3) is 0 Å². The maximum Gasteiger partial charge on any atom is 0.416 e. The maximum atomic E-state index is 12.6. The predicted octanol–water partition coefficient (Wildman–Crippen LogP) is 3.85. The summed E-state index contributed by atoms with van der Waals surface area (Å²) in [7, 11) is 0. The van der Waals surface area contributed by atoms with Gasteiger partial charge < -0.3 is 4.90 Å². The molecule has 1 aromatic heterocycles. The molecule has 1 aliphatic rings. The van der Waals surface area contributed by atoms with Crippen LogP contribution in [0, 0.1) is 0 Å². The number of halogens is 3. The highest BCUT2D eigenvalue weighted by molar-refractivity contribution is 5.51. The van der Waals surface area contributed by atoms with Crippen LogP contribution in [0.3, 0.4) is 0 Å². The van der Waals surface area contributed by atoms with Crippen LogP contribution in [-0.4, -0.2) is 21.4 Å². The summed E-state index contributed by atoms with van der Waals surface area (Å²) in [5, 5.41) is 17.8. The Kier molecular flexibility index (Phi) is 4.33. The topological polar surface area (TPSA) is 59.8 Å². The Balaban J connectivity index is 1.77. The van der Waals surface area contributed by atoms with Crippen LogP contribution in [0.4, 0.5) is 24.7 Å². The summed E-state index contributed by atoms with van der Waals surface area (Å²) in [5.74, 6) is -0.0102. The highest BCUT2D eigenvalue weighted by atomic mass is 19.4. The minimum absolute atomic E-state index is 0.0102. The molecule has 1 fully saturated rings. The molecule has 0 radical (unpaired) electrons. The molecule has 1 heterocycles. The first-order valence-electron chi connectivity index (χ1n) is 7.41. The first-order chi connectivity index (χ1) is 11.3. The molecule has 2 N–H and O–H groups in total. The van der Waals surface area contributed by atoms with Gasteiger partial charge in [0.2, 0.25) is 0 Å². The largest absolute Gasteiger partial charge is 0.416 e. The molecule has 0 unspecified atom stereocenters. The van der Waals surface area contributed by atoms with Gasteiger partial charge in [0.15, 0.2) is 5.82 Å².